The van der Waals surface area contributed by atoms with Crippen LogP contribution in [0.2, 0.25) is 0 Å². The van der Waals surface area contributed by atoms with Gasteiger partial charge in [-0.05, 0) is 43.3 Å². The molecular weight excluding hydrogens is 302 g/mol. The van der Waals surface area contributed by atoms with Crippen LogP contribution in [0.3, 0.4) is 0 Å². The van der Waals surface area contributed by atoms with Crippen molar-refractivity contribution in [2.24, 2.45) is 0 Å². The number of carbonyl (C=O) groups is 1. The molecule has 0 radical (unpaired) electrons. The molecule has 8 nitrogen and oxygen atoms in total. The fourth-order valence-corrected chi connectivity index (χ4v) is 2.71. The molecule has 2 aromatic heterocycles. The molecule has 1 saturated carbocycles. The highest BCUT2D eigenvalue weighted by Crippen LogP contribution is 2.35. The number of aromatic amines is 2. The number of aromatic nitrogens is 6. The van der Waals surface area contributed by atoms with Crippen LogP contribution in [0.1, 0.15) is 35.1 Å². The summed E-state index contributed by atoms with van der Waals surface area (Å²) >= 11 is 5.22. The summed E-state index contributed by atoms with van der Waals surface area (Å²) in [4.78, 5) is 12.2. The molecule has 2 heterocycles. The van der Waals surface area contributed by atoms with Gasteiger partial charge in [0.05, 0.1) is 6.54 Å². The molecule has 0 aliphatic heterocycles. The fraction of sp³-hybridized carbons (Fsp3) is 0.308. The third kappa shape index (κ3) is 2.29. The Morgan fingerprint density at radius 2 is 2.14 bits per heavy atom. The van der Waals surface area contributed by atoms with Gasteiger partial charge in [-0.2, -0.15) is 20.5 Å². The topological polar surface area (TPSA) is 104 Å². The second-order valence-electron chi connectivity index (χ2n) is 5.26. The van der Waals surface area contributed by atoms with Gasteiger partial charge in [0.1, 0.15) is 11.0 Å². The van der Waals surface area contributed by atoms with Crippen molar-refractivity contribution in [1.82, 2.24) is 35.5 Å². The lowest BCUT2D eigenvalue weighted by Crippen LogP contribution is -2.24. The Bertz CT molecular complexity index is 904. The minimum atomic E-state index is -0.179. The highest BCUT2D eigenvalue weighted by molar-refractivity contribution is 7.71. The summed E-state index contributed by atoms with van der Waals surface area (Å²) in [6.45, 7) is 0.333. The van der Waals surface area contributed by atoms with Crippen LogP contribution in [0.5, 0.6) is 0 Å². The standard InChI is InChI=1S/C13H13N7OS/c21-12(7-1-4-9-10(5-7)16-19-15-9)14-6-11-17-18-13(22)20(11)8-2-3-8/h1,4-5,8H,2-3,6H2,(H,14,21)(H,18,22)(H,15,16,19). The average Bonchev–Trinajstić information content (AvgIpc) is 3.12. The minimum Gasteiger partial charge on any atom is -0.345 e. The largest absolute Gasteiger partial charge is 0.345 e. The van der Waals surface area contributed by atoms with Crippen molar-refractivity contribution >= 4 is 29.2 Å². The van der Waals surface area contributed by atoms with Crippen LogP contribution in [-0.2, 0) is 6.54 Å². The molecule has 112 valence electrons. The number of nitrogens with one attached hydrogen (secondary N) is 3. The molecule has 1 aliphatic rings. The van der Waals surface area contributed by atoms with Gasteiger partial charge in [-0.15, -0.1) is 0 Å². The number of fused-ring (bicyclic) bond motifs is 1. The van der Waals surface area contributed by atoms with Crippen molar-refractivity contribution in [1.29, 1.82) is 0 Å². The summed E-state index contributed by atoms with van der Waals surface area (Å²) in [5.74, 6) is 0.574. The third-order valence-electron chi connectivity index (χ3n) is 3.68. The van der Waals surface area contributed by atoms with E-state index in [1.807, 2.05) is 4.57 Å². The molecule has 1 fully saturated rings. The first-order chi connectivity index (χ1) is 10.7. The molecule has 0 saturated heterocycles. The highest BCUT2D eigenvalue weighted by atomic mass is 32.1. The molecule has 22 heavy (non-hydrogen) atoms. The number of carbonyl (C=O) groups excluding carboxylic acids is 1. The molecule has 1 aromatic carbocycles. The van der Waals surface area contributed by atoms with Gasteiger partial charge in [-0.3, -0.25) is 14.5 Å². The van der Waals surface area contributed by atoms with E-state index in [9.17, 15) is 4.79 Å². The van der Waals surface area contributed by atoms with Crippen LogP contribution in [0.15, 0.2) is 18.2 Å². The van der Waals surface area contributed by atoms with E-state index in [0.717, 1.165) is 24.2 Å². The second-order valence-corrected chi connectivity index (χ2v) is 5.64. The fourth-order valence-electron chi connectivity index (χ4n) is 2.41. The Morgan fingerprint density at radius 3 is 2.95 bits per heavy atom. The summed E-state index contributed by atoms with van der Waals surface area (Å²) < 4.78 is 2.59. The molecule has 0 atom stereocenters. The lowest BCUT2D eigenvalue weighted by molar-refractivity contribution is 0.0949. The Hall–Kier alpha value is -2.55. The molecule has 1 amide bonds. The Kier molecular flexibility index (Phi) is 3.00. The monoisotopic (exact) mass is 315 g/mol. The first-order valence-corrected chi connectivity index (χ1v) is 7.38. The molecule has 0 bridgehead atoms. The normalized spacial score (nSPS) is 14.4. The van der Waals surface area contributed by atoms with Crippen LogP contribution in [0.25, 0.3) is 11.0 Å². The van der Waals surface area contributed by atoms with E-state index < -0.39 is 0 Å². The number of amides is 1. The smallest absolute Gasteiger partial charge is 0.251 e. The maximum Gasteiger partial charge on any atom is 0.251 e. The van der Waals surface area contributed by atoms with Gasteiger partial charge in [-0.1, -0.05) is 0 Å². The SMILES string of the molecule is O=C(NCc1n[nH]c(=S)n1C1CC1)c1ccc2n[nH]nc2c1. The van der Waals surface area contributed by atoms with E-state index in [4.69, 9.17) is 12.2 Å². The van der Waals surface area contributed by atoms with Crippen molar-refractivity contribution in [3.8, 4) is 0 Å². The third-order valence-corrected chi connectivity index (χ3v) is 3.96. The Balaban J connectivity index is 1.51. The molecule has 0 unspecified atom stereocenters. The number of rotatable bonds is 4. The van der Waals surface area contributed by atoms with Gasteiger partial charge in [-0.25, -0.2) is 0 Å². The van der Waals surface area contributed by atoms with Crippen molar-refractivity contribution in [3.05, 3.63) is 34.4 Å². The highest BCUT2D eigenvalue weighted by Gasteiger charge is 2.27. The predicted molar refractivity (Wildman–Crippen MR) is 80.7 cm³/mol. The number of H-pyrrole nitrogens is 2. The van der Waals surface area contributed by atoms with Crippen LogP contribution >= 0.6 is 12.2 Å². The molecule has 3 N–H and O–H groups in total. The van der Waals surface area contributed by atoms with Crippen LogP contribution in [0, 0.1) is 4.77 Å². The summed E-state index contributed by atoms with van der Waals surface area (Å²) in [6.07, 6.45) is 2.22. The number of hydrogen-bond acceptors (Lipinski definition) is 5. The maximum absolute atomic E-state index is 12.2. The van der Waals surface area contributed by atoms with E-state index in [0.29, 0.717) is 28.4 Å². The zero-order chi connectivity index (χ0) is 15.1. The number of hydrogen-bond donors (Lipinski definition) is 3. The van der Waals surface area contributed by atoms with Crippen molar-refractivity contribution in [3.63, 3.8) is 0 Å². The number of nitrogens with zero attached hydrogens (tertiary/aromatic N) is 4. The van der Waals surface area contributed by atoms with E-state index in [1.165, 1.54) is 0 Å². The minimum absolute atomic E-state index is 0.179. The lowest BCUT2D eigenvalue weighted by atomic mass is 10.2. The van der Waals surface area contributed by atoms with Crippen LogP contribution in [-0.4, -0.2) is 36.1 Å². The molecule has 1 aliphatic carbocycles. The molecule has 4 rings (SSSR count). The molecule has 3 aromatic rings. The number of benzene rings is 1. The zero-order valence-electron chi connectivity index (χ0n) is 11.5. The maximum atomic E-state index is 12.2. The van der Waals surface area contributed by atoms with E-state index in [1.54, 1.807) is 18.2 Å². The Labute approximate surface area is 129 Å². The van der Waals surface area contributed by atoms with Crippen molar-refractivity contribution in [2.45, 2.75) is 25.4 Å². The zero-order valence-corrected chi connectivity index (χ0v) is 12.4. The van der Waals surface area contributed by atoms with Crippen LogP contribution in [0.4, 0.5) is 0 Å². The lowest BCUT2D eigenvalue weighted by Gasteiger charge is -2.07. The summed E-state index contributed by atoms with van der Waals surface area (Å²) in [5.41, 5.74) is 1.92. The van der Waals surface area contributed by atoms with Gasteiger partial charge in [0, 0.05) is 11.6 Å². The van der Waals surface area contributed by atoms with E-state index >= 15 is 0 Å². The summed E-state index contributed by atoms with van der Waals surface area (Å²) in [6, 6.07) is 5.60. The molecular formula is C13H13N7OS. The summed E-state index contributed by atoms with van der Waals surface area (Å²) in [7, 11) is 0. The first-order valence-electron chi connectivity index (χ1n) is 6.97. The van der Waals surface area contributed by atoms with Crippen LogP contribution < -0.4 is 5.32 Å². The van der Waals surface area contributed by atoms with Gasteiger partial charge >= 0.3 is 0 Å². The predicted octanol–water partition coefficient (Wildman–Crippen LogP) is 1.48. The van der Waals surface area contributed by atoms with Gasteiger partial charge in [0.25, 0.3) is 5.91 Å². The molecule has 9 heteroatoms. The average molecular weight is 315 g/mol. The van der Waals surface area contributed by atoms with Gasteiger partial charge in [0.2, 0.25) is 0 Å². The quantitative estimate of drug-likeness (QED) is 0.633. The Morgan fingerprint density at radius 1 is 1.32 bits per heavy atom. The molecule has 0 spiro atoms. The summed E-state index contributed by atoms with van der Waals surface area (Å²) in [5, 5.41) is 20.3. The first kappa shape index (κ1) is 13.1. The van der Waals surface area contributed by atoms with Crippen molar-refractivity contribution in [2.75, 3.05) is 0 Å². The second kappa shape index (κ2) is 5.02. The van der Waals surface area contributed by atoms with E-state index in [-0.39, 0.29) is 5.91 Å². The van der Waals surface area contributed by atoms with Gasteiger partial charge < -0.3 is 5.32 Å². The van der Waals surface area contributed by atoms with E-state index in [2.05, 4.69) is 30.9 Å². The van der Waals surface area contributed by atoms with Crippen molar-refractivity contribution < 1.29 is 4.79 Å². The van der Waals surface area contributed by atoms with Gasteiger partial charge in [0.15, 0.2) is 10.6 Å².